The number of nitrogens with one attached hydrogen (secondary N) is 1. The number of thiophene rings is 1. The Morgan fingerprint density at radius 2 is 1.79 bits per heavy atom. The van der Waals surface area contributed by atoms with E-state index in [0.717, 1.165) is 41.5 Å². The summed E-state index contributed by atoms with van der Waals surface area (Å²) in [5.74, 6) is 0.638. The number of anilines is 1. The standard InChI is InChI=1S/C31H33N3O4S/c1-37-27-15-14-22(18-28(27)38-2)30(31(36)33-23-10-4-3-5-11-23)34(29(35)19-25-12-8-16-39-25)24-17-21-9-6-7-13-26(21)32-20-24/h6-9,12-18,20,23,30H,3-5,10-11,19H2,1-2H3,(H,33,36)/t30-/m1/s1. The monoisotopic (exact) mass is 543 g/mol. The number of amides is 2. The minimum Gasteiger partial charge on any atom is -0.493 e. The molecule has 0 radical (unpaired) electrons. The third kappa shape index (κ3) is 6.06. The normalized spacial score (nSPS) is 14.5. The van der Waals surface area contributed by atoms with Crippen LogP contribution in [0.25, 0.3) is 10.9 Å². The summed E-state index contributed by atoms with van der Waals surface area (Å²) in [6.45, 7) is 0. The Balaban J connectivity index is 1.62. The molecule has 0 saturated heterocycles. The van der Waals surface area contributed by atoms with Crippen molar-refractivity contribution in [2.24, 2.45) is 0 Å². The number of nitrogens with zero attached hydrogens (tertiary/aromatic N) is 2. The van der Waals surface area contributed by atoms with Crippen molar-refractivity contribution >= 4 is 39.7 Å². The molecule has 1 fully saturated rings. The van der Waals surface area contributed by atoms with Gasteiger partial charge in [-0.2, -0.15) is 0 Å². The van der Waals surface area contributed by atoms with Crippen LogP contribution in [0.4, 0.5) is 5.69 Å². The zero-order valence-electron chi connectivity index (χ0n) is 22.3. The average molecular weight is 544 g/mol. The van der Waals surface area contributed by atoms with Gasteiger partial charge in [0.2, 0.25) is 11.8 Å². The van der Waals surface area contributed by atoms with Crippen LogP contribution in [-0.2, 0) is 16.0 Å². The smallest absolute Gasteiger partial charge is 0.248 e. The Labute approximate surface area is 232 Å². The minimum absolute atomic E-state index is 0.0814. The van der Waals surface area contributed by atoms with E-state index in [0.29, 0.717) is 22.7 Å². The molecule has 8 heteroatoms. The quantitative estimate of drug-likeness (QED) is 0.277. The summed E-state index contributed by atoms with van der Waals surface area (Å²) in [4.78, 5) is 35.4. The van der Waals surface area contributed by atoms with Crippen LogP contribution >= 0.6 is 11.3 Å². The second kappa shape index (κ2) is 12.3. The maximum absolute atomic E-state index is 14.2. The highest BCUT2D eigenvalue weighted by atomic mass is 32.1. The highest BCUT2D eigenvalue weighted by Crippen LogP contribution is 2.36. The fraction of sp³-hybridized carbons (Fsp3) is 0.323. The lowest BCUT2D eigenvalue weighted by Gasteiger charge is -2.33. The first-order valence-corrected chi connectivity index (χ1v) is 14.2. The van der Waals surface area contributed by atoms with Crippen LogP contribution in [0.15, 0.2) is 72.2 Å². The number of rotatable bonds is 9. The largest absolute Gasteiger partial charge is 0.493 e. The molecule has 2 aromatic heterocycles. The van der Waals surface area contributed by atoms with Crippen molar-refractivity contribution < 1.29 is 19.1 Å². The first-order valence-electron chi connectivity index (χ1n) is 13.3. The molecular weight excluding hydrogens is 510 g/mol. The van der Waals surface area contributed by atoms with E-state index in [4.69, 9.17) is 9.47 Å². The van der Waals surface area contributed by atoms with Gasteiger partial charge in [0.1, 0.15) is 6.04 Å². The number of benzene rings is 2. The van der Waals surface area contributed by atoms with Crippen LogP contribution in [0, 0.1) is 0 Å². The molecule has 2 aromatic carbocycles. The molecule has 202 valence electrons. The lowest BCUT2D eigenvalue weighted by atomic mass is 9.94. The van der Waals surface area contributed by atoms with Crippen LogP contribution in [0.5, 0.6) is 11.5 Å². The van der Waals surface area contributed by atoms with Gasteiger partial charge in [-0.25, -0.2) is 0 Å². The lowest BCUT2D eigenvalue weighted by molar-refractivity contribution is -0.127. The molecule has 7 nitrogen and oxygen atoms in total. The molecule has 1 aliphatic carbocycles. The number of aromatic nitrogens is 1. The molecule has 2 amide bonds. The van der Waals surface area contributed by atoms with Gasteiger partial charge in [-0.1, -0.05) is 49.6 Å². The summed E-state index contributed by atoms with van der Waals surface area (Å²) in [5, 5.41) is 6.10. The molecule has 1 saturated carbocycles. The molecule has 4 aromatic rings. The van der Waals surface area contributed by atoms with E-state index >= 15 is 0 Å². The number of hydrogen-bond acceptors (Lipinski definition) is 6. The van der Waals surface area contributed by atoms with Crippen molar-refractivity contribution in [3.05, 3.63) is 82.7 Å². The van der Waals surface area contributed by atoms with Gasteiger partial charge >= 0.3 is 0 Å². The van der Waals surface area contributed by atoms with Crippen LogP contribution in [-0.4, -0.2) is 37.1 Å². The van der Waals surface area contributed by atoms with Gasteiger partial charge in [-0.3, -0.25) is 19.5 Å². The van der Waals surface area contributed by atoms with Crippen molar-refractivity contribution in [2.45, 2.75) is 50.6 Å². The van der Waals surface area contributed by atoms with Crippen LogP contribution in [0.3, 0.4) is 0 Å². The zero-order valence-corrected chi connectivity index (χ0v) is 23.1. The van der Waals surface area contributed by atoms with E-state index in [1.54, 1.807) is 37.4 Å². The third-order valence-corrected chi connectivity index (χ3v) is 8.09. The summed E-state index contributed by atoms with van der Waals surface area (Å²) >= 11 is 1.52. The lowest BCUT2D eigenvalue weighted by Crippen LogP contribution is -2.47. The van der Waals surface area contributed by atoms with E-state index in [9.17, 15) is 9.59 Å². The Hall–Kier alpha value is -3.91. The fourth-order valence-electron chi connectivity index (χ4n) is 5.24. The molecule has 1 aliphatic rings. The Morgan fingerprint density at radius 1 is 1.00 bits per heavy atom. The van der Waals surface area contributed by atoms with E-state index < -0.39 is 6.04 Å². The number of hydrogen-bond donors (Lipinski definition) is 1. The molecule has 39 heavy (non-hydrogen) atoms. The van der Waals surface area contributed by atoms with E-state index in [2.05, 4.69) is 10.3 Å². The maximum atomic E-state index is 14.2. The predicted molar refractivity (Wildman–Crippen MR) is 155 cm³/mol. The first-order chi connectivity index (χ1) is 19.1. The molecular formula is C31H33N3O4S. The third-order valence-electron chi connectivity index (χ3n) is 7.21. The number of fused-ring (bicyclic) bond motifs is 1. The van der Waals surface area contributed by atoms with Crippen molar-refractivity contribution in [3.63, 3.8) is 0 Å². The summed E-state index contributed by atoms with van der Waals surface area (Å²) in [6, 6.07) is 18.1. The topological polar surface area (TPSA) is 80.8 Å². The predicted octanol–water partition coefficient (Wildman–Crippen LogP) is 6.08. The Bertz CT molecular complexity index is 1430. The number of ether oxygens (including phenoxy) is 2. The van der Waals surface area contributed by atoms with E-state index in [-0.39, 0.29) is 24.3 Å². The van der Waals surface area contributed by atoms with Gasteiger partial charge < -0.3 is 14.8 Å². The van der Waals surface area contributed by atoms with Crippen molar-refractivity contribution in [2.75, 3.05) is 19.1 Å². The second-order valence-electron chi connectivity index (χ2n) is 9.77. The molecule has 0 bridgehead atoms. The van der Waals surface area contributed by atoms with Crippen LogP contribution in [0.1, 0.15) is 48.6 Å². The summed E-state index contributed by atoms with van der Waals surface area (Å²) in [5.41, 5.74) is 2.02. The van der Waals surface area contributed by atoms with Crippen molar-refractivity contribution in [1.29, 1.82) is 0 Å². The van der Waals surface area contributed by atoms with Crippen LogP contribution < -0.4 is 19.7 Å². The van der Waals surface area contributed by atoms with Crippen LogP contribution in [0.2, 0.25) is 0 Å². The highest BCUT2D eigenvalue weighted by molar-refractivity contribution is 7.10. The van der Waals surface area contributed by atoms with Gasteiger partial charge in [-0.15, -0.1) is 11.3 Å². The molecule has 5 rings (SSSR count). The van der Waals surface area contributed by atoms with Gasteiger partial charge in [0.05, 0.1) is 38.0 Å². The average Bonchev–Trinajstić information content (AvgIpc) is 3.48. The van der Waals surface area contributed by atoms with Crippen molar-refractivity contribution in [1.82, 2.24) is 10.3 Å². The first kappa shape index (κ1) is 26.7. The minimum atomic E-state index is -0.929. The Kier molecular flexibility index (Phi) is 8.42. The molecule has 0 unspecified atom stereocenters. The molecule has 1 atom stereocenters. The number of carbonyl (C=O) groups is 2. The second-order valence-corrected chi connectivity index (χ2v) is 10.8. The number of pyridine rings is 1. The van der Waals surface area contributed by atoms with Gasteiger partial charge in [0, 0.05) is 16.3 Å². The van der Waals surface area contributed by atoms with Crippen molar-refractivity contribution in [3.8, 4) is 11.5 Å². The number of carbonyl (C=O) groups excluding carboxylic acids is 2. The highest BCUT2D eigenvalue weighted by Gasteiger charge is 2.35. The summed E-state index contributed by atoms with van der Waals surface area (Å²) in [7, 11) is 3.13. The Morgan fingerprint density at radius 3 is 2.54 bits per heavy atom. The molecule has 2 heterocycles. The zero-order chi connectivity index (χ0) is 27.2. The fourth-order valence-corrected chi connectivity index (χ4v) is 5.94. The number of para-hydroxylation sites is 1. The van der Waals surface area contributed by atoms with E-state index in [1.165, 1.54) is 17.8 Å². The molecule has 0 spiro atoms. The molecule has 0 aliphatic heterocycles. The van der Waals surface area contributed by atoms with E-state index in [1.807, 2.05) is 53.9 Å². The summed E-state index contributed by atoms with van der Waals surface area (Å²) in [6.07, 6.45) is 7.07. The summed E-state index contributed by atoms with van der Waals surface area (Å²) < 4.78 is 11.0. The molecule has 1 N–H and O–H groups in total. The maximum Gasteiger partial charge on any atom is 0.248 e. The SMILES string of the molecule is COc1ccc([C@H](C(=O)NC2CCCCC2)N(C(=O)Cc2cccs2)c2cnc3ccccc3c2)cc1OC. The van der Waals surface area contributed by atoms with Gasteiger partial charge in [0.25, 0.3) is 0 Å². The number of methoxy groups -OCH3 is 2. The van der Waals surface area contributed by atoms with Gasteiger partial charge in [-0.05, 0) is 54.1 Å². The van der Waals surface area contributed by atoms with Gasteiger partial charge in [0.15, 0.2) is 11.5 Å².